The summed E-state index contributed by atoms with van der Waals surface area (Å²) < 4.78 is 0. The molecular formula is C19H41N. The second-order valence-electron chi connectivity index (χ2n) is 7.08. The molecule has 20 heavy (non-hydrogen) atoms. The maximum atomic E-state index is 3.91. The number of nitrogens with one attached hydrogen (secondary N) is 1. The molecule has 1 N–H and O–H groups in total. The molecule has 0 radical (unpaired) electrons. The SMILES string of the molecule is CCCCCC(CCCCC)NC(C)CCCC(C)C. The lowest BCUT2D eigenvalue weighted by Crippen LogP contribution is -2.36. The normalized spacial score (nSPS) is 13.3. The molecule has 0 aliphatic heterocycles. The Morgan fingerprint density at radius 1 is 0.650 bits per heavy atom. The molecule has 0 rings (SSSR count). The maximum Gasteiger partial charge on any atom is 0.00695 e. The van der Waals surface area contributed by atoms with Gasteiger partial charge in [0.25, 0.3) is 0 Å². The van der Waals surface area contributed by atoms with Gasteiger partial charge >= 0.3 is 0 Å². The van der Waals surface area contributed by atoms with Crippen molar-refractivity contribution in [1.82, 2.24) is 5.32 Å². The molecule has 0 saturated heterocycles. The van der Waals surface area contributed by atoms with E-state index < -0.39 is 0 Å². The molecule has 0 aromatic rings. The van der Waals surface area contributed by atoms with Crippen LogP contribution in [0.25, 0.3) is 0 Å². The van der Waals surface area contributed by atoms with Gasteiger partial charge in [-0.15, -0.1) is 0 Å². The Morgan fingerprint density at radius 2 is 1.20 bits per heavy atom. The molecule has 0 aliphatic rings. The summed E-state index contributed by atoms with van der Waals surface area (Å²) in [5.74, 6) is 0.854. The van der Waals surface area contributed by atoms with E-state index in [4.69, 9.17) is 0 Å². The van der Waals surface area contributed by atoms with Crippen LogP contribution in [0.3, 0.4) is 0 Å². The summed E-state index contributed by atoms with van der Waals surface area (Å²) in [4.78, 5) is 0. The fraction of sp³-hybridized carbons (Fsp3) is 1.00. The van der Waals surface area contributed by atoms with Crippen LogP contribution in [0.4, 0.5) is 0 Å². The summed E-state index contributed by atoms with van der Waals surface area (Å²) >= 11 is 0. The van der Waals surface area contributed by atoms with Crippen LogP contribution in [-0.4, -0.2) is 12.1 Å². The fourth-order valence-corrected chi connectivity index (χ4v) is 2.91. The smallest absolute Gasteiger partial charge is 0.00695 e. The third-order valence-corrected chi connectivity index (χ3v) is 4.25. The topological polar surface area (TPSA) is 12.0 Å². The molecule has 122 valence electrons. The van der Waals surface area contributed by atoms with Gasteiger partial charge in [-0.05, 0) is 32.1 Å². The van der Waals surface area contributed by atoms with Gasteiger partial charge in [0.2, 0.25) is 0 Å². The van der Waals surface area contributed by atoms with E-state index in [0.29, 0.717) is 6.04 Å². The monoisotopic (exact) mass is 283 g/mol. The van der Waals surface area contributed by atoms with Crippen LogP contribution in [0.5, 0.6) is 0 Å². The summed E-state index contributed by atoms with van der Waals surface area (Å²) in [5, 5.41) is 3.91. The Balaban J connectivity index is 3.90. The highest BCUT2D eigenvalue weighted by Crippen LogP contribution is 2.14. The minimum atomic E-state index is 0.696. The Hall–Kier alpha value is -0.0400. The van der Waals surface area contributed by atoms with Crippen LogP contribution in [-0.2, 0) is 0 Å². The van der Waals surface area contributed by atoms with E-state index in [1.54, 1.807) is 0 Å². The lowest BCUT2D eigenvalue weighted by atomic mass is 9.99. The van der Waals surface area contributed by atoms with Crippen molar-refractivity contribution in [1.29, 1.82) is 0 Å². The van der Waals surface area contributed by atoms with Crippen LogP contribution < -0.4 is 5.32 Å². The summed E-state index contributed by atoms with van der Waals surface area (Å²) in [6.45, 7) is 11.6. The third kappa shape index (κ3) is 13.0. The number of hydrogen-bond acceptors (Lipinski definition) is 1. The second kappa shape index (κ2) is 13.9. The molecule has 0 bridgehead atoms. The highest BCUT2D eigenvalue weighted by atomic mass is 14.9. The van der Waals surface area contributed by atoms with Crippen LogP contribution in [0.1, 0.15) is 105 Å². The van der Waals surface area contributed by atoms with Gasteiger partial charge in [0.05, 0.1) is 0 Å². The minimum absolute atomic E-state index is 0.696. The number of unbranched alkanes of at least 4 members (excludes halogenated alkanes) is 4. The first-order valence-corrected chi connectivity index (χ1v) is 9.36. The standard InChI is InChI=1S/C19H41N/c1-6-8-10-15-19(16-11-9-7-2)20-18(5)14-12-13-17(3)4/h17-20H,6-16H2,1-5H3. The zero-order valence-electron chi connectivity index (χ0n) is 15.0. The summed E-state index contributed by atoms with van der Waals surface area (Å²) in [6.07, 6.45) is 15.1. The van der Waals surface area contributed by atoms with E-state index in [0.717, 1.165) is 12.0 Å². The lowest BCUT2D eigenvalue weighted by Gasteiger charge is -2.24. The van der Waals surface area contributed by atoms with Crippen molar-refractivity contribution in [3.8, 4) is 0 Å². The van der Waals surface area contributed by atoms with E-state index in [1.165, 1.54) is 70.6 Å². The molecule has 1 nitrogen and oxygen atoms in total. The van der Waals surface area contributed by atoms with Crippen molar-refractivity contribution in [2.24, 2.45) is 5.92 Å². The molecule has 1 unspecified atom stereocenters. The van der Waals surface area contributed by atoms with Gasteiger partial charge in [0.1, 0.15) is 0 Å². The predicted molar refractivity (Wildman–Crippen MR) is 93.4 cm³/mol. The second-order valence-corrected chi connectivity index (χ2v) is 7.08. The average molecular weight is 284 g/mol. The van der Waals surface area contributed by atoms with Crippen LogP contribution >= 0.6 is 0 Å². The third-order valence-electron chi connectivity index (χ3n) is 4.25. The van der Waals surface area contributed by atoms with E-state index in [2.05, 4.69) is 39.9 Å². The molecule has 0 heterocycles. The molecule has 0 aliphatic carbocycles. The molecular weight excluding hydrogens is 242 g/mol. The highest BCUT2D eigenvalue weighted by molar-refractivity contribution is 4.72. The Morgan fingerprint density at radius 3 is 1.65 bits per heavy atom. The molecule has 0 aromatic heterocycles. The van der Waals surface area contributed by atoms with Crippen molar-refractivity contribution in [2.75, 3.05) is 0 Å². The number of rotatable bonds is 14. The van der Waals surface area contributed by atoms with Crippen molar-refractivity contribution < 1.29 is 0 Å². The maximum absolute atomic E-state index is 3.91. The molecule has 0 aromatic carbocycles. The Kier molecular flexibility index (Phi) is 13.9. The van der Waals surface area contributed by atoms with Crippen LogP contribution in [0, 0.1) is 5.92 Å². The zero-order valence-corrected chi connectivity index (χ0v) is 15.0. The van der Waals surface area contributed by atoms with E-state index in [-0.39, 0.29) is 0 Å². The molecule has 0 fully saturated rings. The first-order valence-electron chi connectivity index (χ1n) is 9.36. The Bertz CT molecular complexity index is 178. The average Bonchev–Trinajstić information content (AvgIpc) is 2.38. The molecule has 0 amide bonds. The van der Waals surface area contributed by atoms with Gasteiger partial charge in [-0.1, -0.05) is 79.1 Å². The van der Waals surface area contributed by atoms with E-state index >= 15 is 0 Å². The van der Waals surface area contributed by atoms with Gasteiger partial charge in [0, 0.05) is 12.1 Å². The minimum Gasteiger partial charge on any atom is -0.312 e. The Labute approximate surface area is 129 Å². The predicted octanol–water partition coefficient (Wildman–Crippen LogP) is 6.32. The lowest BCUT2D eigenvalue weighted by molar-refractivity contribution is 0.359. The van der Waals surface area contributed by atoms with Gasteiger partial charge in [-0.3, -0.25) is 0 Å². The van der Waals surface area contributed by atoms with Gasteiger partial charge in [0.15, 0.2) is 0 Å². The number of hydrogen-bond donors (Lipinski definition) is 1. The first kappa shape index (κ1) is 20.0. The first-order chi connectivity index (χ1) is 9.60. The van der Waals surface area contributed by atoms with E-state index in [9.17, 15) is 0 Å². The zero-order chi connectivity index (χ0) is 15.2. The summed E-state index contributed by atoms with van der Waals surface area (Å²) in [5.41, 5.74) is 0. The highest BCUT2D eigenvalue weighted by Gasteiger charge is 2.11. The molecule has 1 atom stereocenters. The van der Waals surface area contributed by atoms with Crippen molar-refractivity contribution in [3.05, 3.63) is 0 Å². The summed E-state index contributed by atoms with van der Waals surface area (Å²) in [7, 11) is 0. The molecule has 0 saturated carbocycles. The van der Waals surface area contributed by atoms with Gasteiger partial charge < -0.3 is 5.32 Å². The van der Waals surface area contributed by atoms with Crippen molar-refractivity contribution in [2.45, 2.75) is 117 Å². The molecule has 0 spiro atoms. The van der Waals surface area contributed by atoms with Crippen LogP contribution in [0.2, 0.25) is 0 Å². The largest absolute Gasteiger partial charge is 0.312 e. The van der Waals surface area contributed by atoms with Crippen molar-refractivity contribution >= 4 is 0 Å². The summed E-state index contributed by atoms with van der Waals surface area (Å²) in [6, 6.07) is 1.46. The fourth-order valence-electron chi connectivity index (χ4n) is 2.91. The van der Waals surface area contributed by atoms with Crippen LogP contribution in [0.15, 0.2) is 0 Å². The van der Waals surface area contributed by atoms with E-state index in [1.807, 2.05) is 0 Å². The van der Waals surface area contributed by atoms with Crippen molar-refractivity contribution in [3.63, 3.8) is 0 Å². The van der Waals surface area contributed by atoms with Gasteiger partial charge in [-0.25, -0.2) is 0 Å². The van der Waals surface area contributed by atoms with Gasteiger partial charge in [-0.2, -0.15) is 0 Å². The molecule has 1 heteroatoms. The quantitative estimate of drug-likeness (QED) is 0.368.